The van der Waals surface area contributed by atoms with Crippen LogP contribution >= 0.6 is 11.6 Å². The standard InChI is InChI=1S/C16H18ClNO2/c1-16(2,3)8-9-20-15(19)13-10-18-14(17)12-7-5-4-6-11(12)13/h4-7,10H,8-9H2,1-3H3. The van der Waals surface area contributed by atoms with Crippen LogP contribution in [0.5, 0.6) is 0 Å². The van der Waals surface area contributed by atoms with E-state index in [1.54, 1.807) is 0 Å². The number of carbonyl (C=O) groups excluding carboxylic acids is 1. The smallest absolute Gasteiger partial charge is 0.340 e. The second-order valence-electron chi connectivity index (χ2n) is 5.95. The van der Waals surface area contributed by atoms with Crippen LogP contribution in [0.2, 0.25) is 5.15 Å². The van der Waals surface area contributed by atoms with Gasteiger partial charge in [-0.1, -0.05) is 56.6 Å². The molecule has 20 heavy (non-hydrogen) atoms. The van der Waals surface area contributed by atoms with Crippen LogP contribution in [-0.2, 0) is 4.74 Å². The van der Waals surface area contributed by atoms with Crippen molar-refractivity contribution >= 4 is 28.3 Å². The summed E-state index contributed by atoms with van der Waals surface area (Å²) in [4.78, 5) is 16.2. The maximum atomic E-state index is 12.2. The Morgan fingerprint density at radius 3 is 2.55 bits per heavy atom. The lowest BCUT2D eigenvalue weighted by Gasteiger charge is -2.17. The molecule has 0 unspecified atom stereocenters. The predicted octanol–water partition coefficient (Wildman–Crippen LogP) is 4.48. The number of fused-ring (bicyclic) bond motifs is 1. The number of carbonyl (C=O) groups is 1. The number of hydrogen-bond donors (Lipinski definition) is 0. The fourth-order valence-electron chi connectivity index (χ4n) is 1.85. The van der Waals surface area contributed by atoms with Crippen LogP contribution in [0.1, 0.15) is 37.6 Å². The van der Waals surface area contributed by atoms with E-state index in [0.717, 1.165) is 17.2 Å². The largest absolute Gasteiger partial charge is 0.462 e. The SMILES string of the molecule is CC(C)(C)CCOC(=O)c1cnc(Cl)c2ccccc12. The Bertz CT molecular complexity index is 632. The molecule has 0 aliphatic carbocycles. The lowest BCUT2D eigenvalue weighted by Crippen LogP contribution is -2.13. The van der Waals surface area contributed by atoms with Gasteiger partial charge in [0.05, 0.1) is 12.2 Å². The Labute approximate surface area is 123 Å². The zero-order valence-electron chi connectivity index (χ0n) is 11.9. The van der Waals surface area contributed by atoms with E-state index >= 15 is 0 Å². The van der Waals surface area contributed by atoms with Crippen LogP contribution < -0.4 is 0 Å². The van der Waals surface area contributed by atoms with Crippen molar-refractivity contribution in [2.24, 2.45) is 5.41 Å². The Morgan fingerprint density at radius 2 is 1.90 bits per heavy atom. The number of nitrogens with zero attached hydrogens (tertiary/aromatic N) is 1. The van der Waals surface area contributed by atoms with Gasteiger partial charge in [0.2, 0.25) is 0 Å². The highest BCUT2D eigenvalue weighted by molar-refractivity contribution is 6.34. The maximum Gasteiger partial charge on any atom is 0.340 e. The summed E-state index contributed by atoms with van der Waals surface area (Å²) < 4.78 is 5.33. The highest BCUT2D eigenvalue weighted by atomic mass is 35.5. The molecular weight excluding hydrogens is 274 g/mol. The Hall–Kier alpha value is -1.61. The molecule has 0 aliphatic rings. The highest BCUT2D eigenvalue weighted by Crippen LogP contribution is 2.25. The third-order valence-corrected chi connectivity index (χ3v) is 3.35. The molecular formula is C16H18ClNO2. The van der Waals surface area contributed by atoms with Crippen molar-refractivity contribution in [2.75, 3.05) is 6.61 Å². The topological polar surface area (TPSA) is 39.2 Å². The summed E-state index contributed by atoms with van der Waals surface area (Å²) in [5, 5.41) is 1.93. The van der Waals surface area contributed by atoms with Crippen molar-refractivity contribution in [3.05, 3.63) is 41.2 Å². The molecule has 1 aromatic carbocycles. The number of ether oxygens (including phenoxy) is 1. The molecule has 2 aromatic rings. The molecule has 0 saturated carbocycles. The molecule has 2 rings (SSSR count). The number of rotatable bonds is 3. The van der Waals surface area contributed by atoms with Gasteiger partial charge in [-0.3, -0.25) is 0 Å². The van der Waals surface area contributed by atoms with Gasteiger partial charge in [0, 0.05) is 17.0 Å². The van der Waals surface area contributed by atoms with Crippen LogP contribution in [0.3, 0.4) is 0 Å². The number of benzene rings is 1. The lowest BCUT2D eigenvalue weighted by molar-refractivity contribution is 0.0467. The van der Waals surface area contributed by atoms with E-state index in [4.69, 9.17) is 16.3 Å². The van der Waals surface area contributed by atoms with Crippen molar-refractivity contribution < 1.29 is 9.53 Å². The molecule has 0 fully saturated rings. The minimum Gasteiger partial charge on any atom is -0.462 e. The van der Waals surface area contributed by atoms with Crippen LogP contribution in [0, 0.1) is 5.41 Å². The van der Waals surface area contributed by atoms with Gasteiger partial charge in [-0.15, -0.1) is 0 Å². The normalized spacial score (nSPS) is 11.6. The average molecular weight is 292 g/mol. The van der Waals surface area contributed by atoms with E-state index in [9.17, 15) is 4.79 Å². The van der Waals surface area contributed by atoms with Gasteiger partial charge in [-0.05, 0) is 11.8 Å². The number of pyridine rings is 1. The molecule has 0 spiro atoms. The van der Waals surface area contributed by atoms with Crippen molar-refractivity contribution in [1.29, 1.82) is 0 Å². The molecule has 0 bridgehead atoms. The van der Waals surface area contributed by atoms with Gasteiger partial charge >= 0.3 is 5.97 Å². The first-order chi connectivity index (χ1) is 9.38. The zero-order chi connectivity index (χ0) is 14.8. The third-order valence-electron chi connectivity index (χ3n) is 3.05. The summed E-state index contributed by atoms with van der Waals surface area (Å²) in [5.41, 5.74) is 0.597. The monoisotopic (exact) mass is 291 g/mol. The quantitative estimate of drug-likeness (QED) is 0.618. The van der Waals surface area contributed by atoms with E-state index in [1.165, 1.54) is 6.20 Å². The van der Waals surface area contributed by atoms with Gasteiger partial charge in [0.1, 0.15) is 5.15 Å². The fourth-order valence-corrected chi connectivity index (χ4v) is 2.06. The van der Waals surface area contributed by atoms with Crippen molar-refractivity contribution in [2.45, 2.75) is 27.2 Å². The van der Waals surface area contributed by atoms with Crippen LogP contribution in [0.15, 0.2) is 30.5 Å². The molecule has 106 valence electrons. The average Bonchev–Trinajstić information content (AvgIpc) is 2.38. The molecule has 0 N–H and O–H groups in total. The predicted molar refractivity (Wildman–Crippen MR) is 81.1 cm³/mol. The van der Waals surface area contributed by atoms with E-state index in [0.29, 0.717) is 17.3 Å². The van der Waals surface area contributed by atoms with Crippen molar-refractivity contribution in [1.82, 2.24) is 4.98 Å². The first-order valence-corrected chi connectivity index (χ1v) is 6.97. The maximum absolute atomic E-state index is 12.2. The summed E-state index contributed by atoms with van der Waals surface area (Å²) >= 11 is 6.03. The summed E-state index contributed by atoms with van der Waals surface area (Å²) in [6, 6.07) is 7.43. The third kappa shape index (κ3) is 3.48. The molecule has 0 amide bonds. The van der Waals surface area contributed by atoms with Gasteiger partial charge in [0.25, 0.3) is 0 Å². The fraction of sp³-hybridized carbons (Fsp3) is 0.375. The number of halogens is 1. The van der Waals surface area contributed by atoms with Crippen molar-refractivity contribution in [3.63, 3.8) is 0 Å². The minimum absolute atomic E-state index is 0.139. The number of esters is 1. The highest BCUT2D eigenvalue weighted by Gasteiger charge is 2.16. The molecule has 4 heteroatoms. The molecule has 0 radical (unpaired) electrons. The van der Waals surface area contributed by atoms with Crippen molar-refractivity contribution in [3.8, 4) is 0 Å². The Morgan fingerprint density at radius 1 is 1.25 bits per heavy atom. The zero-order valence-corrected chi connectivity index (χ0v) is 12.7. The van der Waals surface area contributed by atoms with Gasteiger partial charge in [-0.25, -0.2) is 9.78 Å². The summed E-state index contributed by atoms with van der Waals surface area (Å²) in [6.45, 7) is 6.74. The van der Waals surface area contributed by atoms with Crippen LogP contribution in [0.4, 0.5) is 0 Å². The summed E-state index contributed by atoms with van der Waals surface area (Å²) in [5.74, 6) is -0.352. The Kier molecular flexibility index (Phi) is 4.29. The second-order valence-corrected chi connectivity index (χ2v) is 6.31. The molecule has 1 aromatic heterocycles. The van der Waals surface area contributed by atoms with E-state index < -0.39 is 0 Å². The summed E-state index contributed by atoms with van der Waals surface area (Å²) in [7, 11) is 0. The number of aromatic nitrogens is 1. The molecule has 1 heterocycles. The molecule has 0 aliphatic heterocycles. The summed E-state index contributed by atoms with van der Waals surface area (Å²) in [6.07, 6.45) is 2.29. The van der Waals surface area contributed by atoms with E-state index in [2.05, 4.69) is 25.8 Å². The van der Waals surface area contributed by atoms with Crippen LogP contribution in [-0.4, -0.2) is 17.6 Å². The van der Waals surface area contributed by atoms with Gasteiger partial charge < -0.3 is 4.74 Å². The molecule has 0 saturated heterocycles. The molecule has 3 nitrogen and oxygen atoms in total. The van der Waals surface area contributed by atoms with E-state index in [-0.39, 0.29) is 11.4 Å². The first kappa shape index (κ1) is 14.8. The molecule has 0 atom stereocenters. The van der Waals surface area contributed by atoms with E-state index in [1.807, 2.05) is 24.3 Å². The lowest BCUT2D eigenvalue weighted by atomic mass is 9.93. The second kappa shape index (κ2) is 5.80. The number of hydrogen-bond acceptors (Lipinski definition) is 3. The minimum atomic E-state index is -0.352. The first-order valence-electron chi connectivity index (χ1n) is 6.59. The van der Waals surface area contributed by atoms with Gasteiger partial charge in [0.15, 0.2) is 0 Å². The van der Waals surface area contributed by atoms with Crippen LogP contribution in [0.25, 0.3) is 10.8 Å². The van der Waals surface area contributed by atoms with Gasteiger partial charge in [-0.2, -0.15) is 0 Å². The Balaban J connectivity index is 2.21.